The summed E-state index contributed by atoms with van der Waals surface area (Å²) in [6.45, 7) is 3.95. The van der Waals surface area contributed by atoms with E-state index >= 15 is 0 Å². The summed E-state index contributed by atoms with van der Waals surface area (Å²) in [5, 5.41) is 2.75. The first-order valence-corrected chi connectivity index (χ1v) is 5.26. The van der Waals surface area contributed by atoms with Crippen LogP contribution < -0.4 is 5.32 Å². The maximum Gasteiger partial charge on any atom is 0.253 e. The Morgan fingerprint density at radius 1 is 1.13 bits per heavy atom. The zero-order valence-corrected chi connectivity index (χ0v) is 9.47. The highest BCUT2D eigenvalue weighted by Crippen LogP contribution is 1.99. The topological polar surface area (TPSA) is 30.5 Å². The van der Waals surface area contributed by atoms with Crippen molar-refractivity contribution >= 4 is 0 Å². The van der Waals surface area contributed by atoms with E-state index in [1.807, 2.05) is 0 Å². The van der Waals surface area contributed by atoms with Crippen LogP contribution in [-0.2, 0) is 9.47 Å². The van der Waals surface area contributed by atoms with E-state index < -0.39 is 12.5 Å². The molecule has 1 atom stereocenters. The number of unbranched alkanes of at least 4 members (excludes halogenated alkanes) is 1. The van der Waals surface area contributed by atoms with Gasteiger partial charge in [0, 0.05) is 13.7 Å². The minimum atomic E-state index is -2.29. The monoisotopic (exact) mass is 225 g/mol. The summed E-state index contributed by atoms with van der Waals surface area (Å²) in [5.41, 5.74) is 0. The van der Waals surface area contributed by atoms with Crippen LogP contribution in [0.3, 0.4) is 0 Å². The fourth-order valence-corrected chi connectivity index (χ4v) is 0.992. The van der Waals surface area contributed by atoms with Crippen LogP contribution in [0, 0.1) is 0 Å². The van der Waals surface area contributed by atoms with E-state index in [0.29, 0.717) is 26.4 Å². The van der Waals surface area contributed by atoms with Gasteiger partial charge in [0.15, 0.2) is 0 Å². The summed E-state index contributed by atoms with van der Waals surface area (Å²) in [5.74, 6) is 0. The molecule has 0 bridgehead atoms. The van der Waals surface area contributed by atoms with Gasteiger partial charge in [-0.1, -0.05) is 0 Å². The smallest absolute Gasteiger partial charge is 0.253 e. The molecular formula is C10H21F2NO2. The van der Waals surface area contributed by atoms with E-state index in [2.05, 4.69) is 5.32 Å². The van der Waals surface area contributed by atoms with Crippen molar-refractivity contribution < 1.29 is 18.3 Å². The molecule has 0 saturated carbocycles. The van der Waals surface area contributed by atoms with Crippen molar-refractivity contribution in [3.8, 4) is 0 Å². The number of rotatable bonds is 10. The number of nitrogens with one attached hydrogen (secondary N) is 1. The molecule has 0 aliphatic rings. The van der Waals surface area contributed by atoms with E-state index in [1.54, 1.807) is 7.11 Å². The van der Waals surface area contributed by atoms with E-state index in [4.69, 9.17) is 9.47 Å². The normalized spacial score (nSPS) is 13.4. The minimum Gasteiger partial charge on any atom is -0.382 e. The first-order valence-electron chi connectivity index (χ1n) is 5.26. The number of hydrogen-bond donors (Lipinski definition) is 1. The number of alkyl halides is 2. The molecule has 0 rings (SSSR count). The number of methoxy groups -OCH3 is 1. The van der Waals surface area contributed by atoms with Crippen molar-refractivity contribution in [2.45, 2.75) is 32.2 Å². The highest BCUT2D eigenvalue weighted by Gasteiger charge is 2.12. The third-order valence-electron chi connectivity index (χ3n) is 1.99. The average Bonchev–Trinajstić information content (AvgIpc) is 2.21. The highest BCUT2D eigenvalue weighted by atomic mass is 19.3. The highest BCUT2D eigenvalue weighted by molar-refractivity contribution is 4.62. The van der Waals surface area contributed by atoms with Crippen LogP contribution in [0.15, 0.2) is 0 Å². The van der Waals surface area contributed by atoms with Crippen LogP contribution in [0.4, 0.5) is 8.78 Å². The molecule has 0 aromatic rings. The lowest BCUT2D eigenvalue weighted by atomic mass is 10.3. The third-order valence-corrected chi connectivity index (χ3v) is 1.99. The lowest BCUT2D eigenvalue weighted by Crippen LogP contribution is -2.33. The second kappa shape index (κ2) is 10.3. The maximum absolute atomic E-state index is 12.0. The summed E-state index contributed by atoms with van der Waals surface area (Å²) in [6.07, 6.45) is -0.556. The molecule has 0 spiro atoms. The molecule has 0 amide bonds. The van der Waals surface area contributed by atoms with Crippen LogP contribution in [0.5, 0.6) is 0 Å². The molecule has 1 N–H and O–H groups in total. The first kappa shape index (κ1) is 14.7. The van der Waals surface area contributed by atoms with Crippen molar-refractivity contribution in [1.82, 2.24) is 5.32 Å². The number of ether oxygens (including phenoxy) is 2. The van der Waals surface area contributed by atoms with Gasteiger partial charge in [0.2, 0.25) is 0 Å². The third kappa shape index (κ3) is 10.0. The van der Waals surface area contributed by atoms with Crippen LogP contribution in [0.2, 0.25) is 0 Å². The zero-order valence-electron chi connectivity index (χ0n) is 9.47. The standard InChI is InChI=1S/C10H21F2NO2/c1-9(10(11)12)13-5-3-4-6-15-8-7-14-2/h9-10,13H,3-8H2,1-2H3. The predicted molar refractivity (Wildman–Crippen MR) is 55.4 cm³/mol. The Hall–Kier alpha value is -0.260. The van der Waals surface area contributed by atoms with Crippen molar-refractivity contribution in [1.29, 1.82) is 0 Å². The summed E-state index contributed by atoms with van der Waals surface area (Å²) >= 11 is 0. The van der Waals surface area contributed by atoms with Crippen LogP contribution in [0.1, 0.15) is 19.8 Å². The van der Waals surface area contributed by atoms with Crippen LogP contribution in [-0.4, -0.2) is 45.9 Å². The zero-order chi connectivity index (χ0) is 11.5. The molecule has 0 aliphatic heterocycles. The lowest BCUT2D eigenvalue weighted by molar-refractivity contribution is 0.0681. The van der Waals surface area contributed by atoms with Gasteiger partial charge in [0.05, 0.1) is 19.3 Å². The molecule has 0 aromatic heterocycles. The fourth-order valence-electron chi connectivity index (χ4n) is 0.992. The number of hydrogen-bond acceptors (Lipinski definition) is 3. The summed E-state index contributed by atoms with van der Waals surface area (Å²) < 4.78 is 34.1. The molecular weight excluding hydrogens is 204 g/mol. The molecule has 0 aliphatic carbocycles. The maximum atomic E-state index is 12.0. The van der Waals surface area contributed by atoms with Gasteiger partial charge in [-0.15, -0.1) is 0 Å². The quantitative estimate of drug-likeness (QED) is 0.574. The fraction of sp³-hybridized carbons (Fsp3) is 1.00. The van der Waals surface area contributed by atoms with Crippen molar-refractivity contribution in [3.63, 3.8) is 0 Å². The molecule has 0 fully saturated rings. The van der Waals surface area contributed by atoms with Crippen molar-refractivity contribution in [2.24, 2.45) is 0 Å². The Morgan fingerprint density at radius 2 is 1.87 bits per heavy atom. The summed E-state index contributed by atoms with van der Waals surface area (Å²) in [7, 11) is 1.62. The molecule has 0 aromatic carbocycles. The van der Waals surface area contributed by atoms with Crippen molar-refractivity contribution in [2.75, 3.05) is 33.5 Å². The Bertz CT molecular complexity index is 137. The van der Waals surface area contributed by atoms with Gasteiger partial charge in [-0.05, 0) is 26.3 Å². The largest absolute Gasteiger partial charge is 0.382 e. The van der Waals surface area contributed by atoms with Gasteiger partial charge < -0.3 is 14.8 Å². The van der Waals surface area contributed by atoms with E-state index in [9.17, 15) is 8.78 Å². The molecule has 0 saturated heterocycles. The minimum absolute atomic E-state index is 0.595. The molecule has 15 heavy (non-hydrogen) atoms. The Morgan fingerprint density at radius 3 is 2.47 bits per heavy atom. The summed E-state index contributed by atoms with van der Waals surface area (Å²) in [4.78, 5) is 0. The van der Waals surface area contributed by atoms with Crippen LogP contribution >= 0.6 is 0 Å². The lowest BCUT2D eigenvalue weighted by Gasteiger charge is -2.12. The van der Waals surface area contributed by atoms with Gasteiger partial charge in [0.1, 0.15) is 0 Å². The van der Waals surface area contributed by atoms with Crippen LogP contribution in [0.25, 0.3) is 0 Å². The Balaban J connectivity index is 3.05. The Kier molecular flexibility index (Phi) is 10.1. The number of halogens is 2. The Labute approximate surface area is 90.1 Å². The molecule has 5 heteroatoms. The van der Waals surface area contributed by atoms with E-state index in [0.717, 1.165) is 12.8 Å². The molecule has 0 radical (unpaired) electrons. The van der Waals surface area contributed by atoms with Gasteiger partial charge >= 0.3 is 0 Å². The van der Waals surface area contributed by atoms with E-state index in [-0.39, 0.29) is 0 Å². The second-order valence-electron chi connectivity index (χ2n) is 3.39. The SMILES string of the molecule is COCCOCCCCNC(C)C(F)F. The van der Waals surface area contributed by atoms with Gasteiger partial charge in [-0.2, -0.15) is 0 Å². The molecule has 92 valence electrons. The average molecular weight is 225 g/mol. The molecule has 0 heterocycles. The van der Waals surface area contributed by atoms with E-state index in [1.165, 1.54) is 6.92 Å². The van der Waals surface area contributed by atoms with Gasteiger partial charge in [-0.3, -0.25) is 0 Å². The predicted octanol–water partition coefficient (Wildman–Crippen LogP) is 1.67. The molecule has 3 nitrogen and oxygen atoms in total. The summed E-state index contributed by atoms with van der Waals surface area (Å²) in [6, 6.07) is -0.723. The molecule has 1 unspecified atom stereocenters. The second-order valence-corrected chi connectivity index (χ2v) is 3.39. The van der Waals surface area contributed by atoms with Gasteiger partial charge in [0.25, 0.3) is 6.43 Å². The first-order chi connectivity index (χ1) is 7.18. The van der Waals surface area contributed by atoms with Crippen molar-refractivity contribution in [3.05, 3.63) is 0 Å². The van der Waals surface area contributed by atoms with Gasteiger partial charge in [-0.25, -0.2) is 8.78 Å².